The lowest BCUT2D eigenvalue weighted by molar-refractivity contribution is 0.104. The van der Waals surface area contributed by atoms with Crippen molar-refractivity contribution < 1.29 is 24.1 Å². The Balaban J connectivity index is 2.16. The monoisotopic (exact) mass is 410 g/mol. The second-order valence-corrected chi connectivity index (χ2v) is 6.97. The van der Waals surface area contributed by atoms with Crippen molar-refractivity contribution in [2.24, 2.45) is 5.73 Å². The predicted octanol–water partition coefficient (Wildman–Crippen LogP) is 2.29. The quantitative estimate of drug-likeness (QED) is 0.501. The summed E-state index contributed by atoms with van der Waals surface area (Å²) in [6.45, 7) is 0.739. The molecule has 30 heavy (non-hydrogen) atoms. The Bertz CT molecular complexity index is 1250. The maximum absolute atomic E-state index is 13.4. The molecule has 0 radical (unpaired) electrons. The van der Waals surface area contributed by atoms with Gasteiger partial charge in [0, 0.05) is 23.1 Å². The van der Waals surface area contributed by atoms with E-state index in [4.69, 9.17) is 19.9 Å². The number of pyridine rings is 1. The normalized spacial score (nSPS) is 12.1. The number of ketones is 1. The number of carbonyl (C=O) groups excluding carboxylic acids is 1. The number of nitrogens with zero attached hydrogens (tertiary/aromatic N) is 1. The lowest BCUT2D eigenvalue weighted by Crippen LogP contribution is -2.24. The van der Waals surface area contributed by atoms with Crippen LogP contribution in [-0.2, 0) is 6.54 Å². The van der Waals surface area contributed by atoms with Crippen LogP contribution in [0, 0.1) is 0 Å². The first-order valence-electron chi connectivity index (χ1n) is 9.45. The molecule has 2 aromatic carbocycles. The number of methoxy groups -OCH3 is 3. The standard InChI is InChI=1S/C22H22N2O6/c1-28-16-9-12-13(7-15(16)25)21(26)19-11-8-17(29-2)18(30-3)10-14(11)22(27)24(20(12)19)6-4-5-23/h7-10,25H,4-6,23H2,1-3H3. The van der Waals surface area contributed by atoms with Crippen molar-refractivity contribution >= 4 is 16.6 Å². The number of benzene rings is 2. The third kappa shape index (κ3) is 2.72. The molecule has 1 aromatic heterocycles. The van der Waals surface area contributed by atoms with Crippen molar-refractivity contribution in [3.63, 3.8) is 0 Å². The number of nitrogens with two attached hydrogens (primary N) is 1. The van der Waals surface area contributed by atoms with Gasteiger partial charge in [-0.2, -0.15) is 0 Å². The van der Waals surface area contributed by atoms with Crippen LogP contribution >= 0.6 is 0 Å². The predicted molar refractivity (Wildman–Crippen MR) is 112 cm³/mol. The van der Waals surface area contributed by atoms with E-state index in [1.807, 2.05) is 0 Å². The zero-order valence-electron chi connectivity index (χ0n) is 16.9. The van der Waals surface area contributed by atoms with Gasteiger partial charge in [-0.05, 0) is 37.2 Å². The molecule has 8 nitrogen and oxygen atoms in total. The van der Waals surface area contributed by atoms with Gasteiger partial charge in [-0.25, -0.2) is 0 Å². The number of phenols is 1. The van der Waals surface area contributed by atoms with Crippen molar-refractivity contribution in [3.8, 4) is 34.3 Å². The van der Waals surface area contributed by atoms with Crippen molar-refractivity contribution in [2.45, 2.75) is 13.0 Å². The molecule has 0 amide bonds. The summed E-state index contributed by atoms with van der Waals surface area (Å²) in [6.07, 6.45) is 0.559. The SMILES string of the molecule is COc1cc2c(cc1O)C(=O)c1c-2n(CCCN)c(=O)c2cc(OC)c(OC)cc12. The first-order chi connectivity index (χ1) is 14.5. The molecule has 0 spiro atoms. The van der Waals surface area contributed by atoms with Crippen LogP contribution in [0.25, 0.3) is 22.0 Å². The number of rotatable bonds is 6. The smallest absolute Gasteiger partial charge is 0.259 e. The summed E-state index contributed by atoms with van der Waals surface area (Å²) in [5.74, 6) is 0.610. The number of phenolic OH excluding ortho intramolecular Hbond substituents is 1. The van der Waals surface area contributed by atoms with Gasteiger partial charge in [0.15, 0.2) is 28.8 Å². The van der Waals surface area contributed by atoms with E-state index in [0.717, 1.165) is 0 Å². The second kappa shape index (κ2) is 7.38. The van der Waals surface area contributed by atoms with E-state index in [2.05, 4.69) is 0 Å². The fourth-order valence-electron chi connectivity index (χ4n) is 4.00. The maximum atomic E-state index is 13.4. The summed E-state index contributed by atoms with van der Waals surface area (Å²) in [7, 11) is 4.41. The van der Waals surface area contributed by atoms with Gasteiger partial charge < -0.3 is 29.6 Å². The van der Waals surface area contributed by atoms with Crippen LogP contribution in [0.1, 0.15) is 22.3 Å². The van der Waals surface area contributed by atoms with Gasteiger partial charge in [-0.3, -0.25) is 9.59 Å². The lowest BCUT2D eigenvalue weighted by atomic mass is 10.0. The number of fused-ring (bicyclic) bond motifs is 5. The molecule has 156 valence electrons. The van der Waals surface area contributed by atoms with E-state index in [9.17, 15) is 14.7 Å². The highest BCUT2D eigenvalue weighted by Gasteiger charge is 2.34. The molecule has 0 bridgehead atoms. The first kappa shape index (κ1) is 19.8. The van der Waals surface area contributed by atoms with Gasteiger partial charge >= 0.3 is 0 Å². The maximum Gasteiger partial charge on any atom is 0.259 e. The number of aromatic nitrogens is 1. The first-order valence-corrected chi connectivity index (χ1v) is 9.45. The molecule has 3 N–H and O–H groups in total. The second-order valence-electron chi connectivity index (χ2n) is 6.97. The number of hydrogen-bond acceptors (Lipinski definition) is 7. The van der Waals surface area contributed by atoms with Crippen molar-refractivity contribution in [3.05, 3.63) is 45.7 Å². The molecule has 0 atom stereocenters. The van der Waals surface area contributed by atoms with Gasteiger partial charge in [0.1, 0.15) is 0 Å². The molecule has 0 saturated carbocycles. The van der Waals surface area contributed by atoms with E-state index >= 15 is 0 Å². The van der Waals surface area contributed by atoms with E-state index in [1.165, 1.54) is 27.4 Å². The highest BCUT2D eigenvalue weighted by molar-refractivity contribution is 6.27. The molecular weight excluding hydrogens is 388 g/mol. The van der Waals surface area contributed by atoms with Gasteiger partial charge in [-0.15, -0.1) is 0 Å². The molecular formula is C22H22N2O6. The van der Waals surface area contributed by atoms with Crippen LogP contribution < -0.4 is 25.5 Å². The third-order valence-electron chi connectivity index (χ3n) is 5.41. The zero-order chi connectivity index (χ0) is 21.6. The fourth-order valence-corrected chi connectivity index (χ4v) is 4.00. The van der Waals surface area contributed by atoms with E-state index in [1.54, 1.807) is 22.8 Å². The molecule has 0 saturated heterocycles. The van der Waals surface area contributed by atoms with Gasteiger partial charge in [0.05, 0.1) is 38.0 Å². The summed E-state index contributed by atoms with van der Waals surface area (Å²) in [5.41, 5.74) is 7.15. The van der Waals surface area contributed by atoms with Crippen LogP contribution in [0.15, 0.2) is 29.1 Å². The van der Waals surface area contributed by atoms with Crippen molar-refractivity contribution in [1.82, 2.24) is 4.57 Å². The summed E-state index contributed by atoms with van der Waals surface area (Å²) in [6, 6.07) is 6.19. The third-order valence-corrected chi connectivity index (χ3v) is 5.41. The largest absolute Gasteiger partial charge is 0.504 e. The van der Waals surface area contributed by atoms with E-state index in [-0.39, 0.29) is 22.8 Å². The molecule has 1 heterocycles. The van der Waals surface area contributed by atoms with Crippen LogP contribution in [-0.4, -0.2) is 43.3 Å². The number of ether oxygens (including phenoxy) is 3. The Morgan fingerprint density at radius 1 is 0.900 bits per heavy atom. The molecule has 8 heteroatoms. The van der Waals surface area contributed by atoms with Crippen molar-refractivity contribution in [2.75, 3.05) is 27.9 Å². The minimum absolute atomic E-state index is 0.142. The Kier molecular flexibility index (Phi) is 4.87. The summed E-state index contributed by atoms with van der Waals surface area (Å²) < 4.78 is 17.5. The average molecular weight is 410 g/mol. The van der Waals surface area contributed by atoms with Crippen LogP contribution in [0.2, 0.25) is 0 Å². The molecule has 0 fully saturated rings. The zero-order valence-corrected chi connectivity index (χ0v) is 16.9. The summed E-state index contributed by atoms with van der Waals surface area (Å²) >= 11 is 0. The molecule has 1 aliphatic rings. The fraction of sp³-hybridized carbons (Fsp3) is 0.273. The molecule has 1 aliphatic carbocycles. The molecule has 0 aliphatic heterocycles. The molecule has 0 unspecified atom stereocenters. The minimum Gasteiger partial charge on any atom is -0.504 e. The Morgan fingerprint density at radius 2 is 1.53 bits per heavy atom. The number of aromatic hydroxyl groups is 1. The average Bonchev–Trinajstić information content (AvgIpc) is 3.03. The topological polar surface area (TPSA) is 113 Å². The Labute approximate surface area is 172 Å². The highest BCUT2D eigenvalue weighted by atomic mass is 16.5. The lowest BCUT2D eigenvalue weighted by Gasteiger charge is -2.17. The van der Waals surface area contributed by atoms with Gasteiger partial charge in [0.2, 0.25) is 0 Å². The highest BCUT2D eigenvalue weighted by Crippen LogP contribution is 2.45. The minimum atomic E-state index is -0.281. The summed E-state index contributed by atoms with van der Waals surface area (Å²) in [5, 5.41) is 11.0. The van der Waals surface area contributed by atoms with Gasteiger partial charge in [0.25, 0.3) is 5.56 Å². The van der Waals surface area contributed by atoms with E-state index in [0.29, 0.717) is 64.2 Å². The van der Waals surface area contributed by atoms with Gasteiger partial charge in [-0.1, -0.05) is 0 Å². The Hall–Kier alpha value is -3.52. The van der Waals surface area contributed by atoms with E-state index < -0.39 is 0 Å². The summed E-state index contributed by atoms with van der Waals surface area (Å²) in [4.78, 5) is 26.8. The van der Waals surface area contributed by atoms with Crippen molar-refractivity contribution in [1.29, 1.82) is 0 Å². The molecule has 3 aromatic rings. The number of hydrogen-bond donors (Lipinski definition) is 2. The Morgan fingerprint density at radius 3 is 2.13 bits per heavy atom. The van der Waals surface area contributed by atoms with Crippen LogP contribution in [0.5, 0.6) is 23.0 Å². The van der Waals surface area contributed by atoms with Crippen LogP contribution in [0.4, 0.5) is 0 Å². The molecule has 4 rings (SSSR count). The number of carbonyl (C=O) groups is 1. The van der Waals surface area contributed by atoms with Crippen LogP contribution in [0.3, 0.4) is 0 Å².